The first-order chi connectivity index (χ1) is 9.92. The third kappa shape index (κ3) is 1.24. The summed E-state index contributed by atoms with van der Waals surface area (Å²) in [4.78, 5) is 0. The molecule has 2 heterocycles. The van der Waals surface area contributed by atoms with Crippen molar-refractivity contribution in [3.63, 3.8) is 0 Å². The van der Waals surface area contributed by atoms with Gasteiger partial charge in [0, 0.05) is 23.6 Å². The fourth-order valence-corrected chi connectivity index (χ4v) is 3.86. The SMILES string of the molecule is C1=CCC2Oc3cccc4c3C3C(=CC=CC3N4)C2=C1. The van der Waals surface area contributed by atoms with Crippen molar-refractivity contribution in [2.45, 2.75) is 24.5 Å². The van der Waals surface area contributed by atoms with Gasteiger partial charge in [-0.05, 0) is 23.3 Å². The topological polar surface area (TPSA) is 21.3 Å². The Morgan fingerprint density at radius 3 is 3.05 bits per heavy atom. The van der Waals surface area contributed by atoms with Gasteiger partial charge in [0.15, 0.2) is 0 Å². The zero-order valence-electron chi connectivity index (χ0n) is 11.0. The summed E-state index contributed by atoms with van der Waals surface area (Å²) in [5.41, 5.74) is 5.33. The van der Waals surface area contributed by atoms with Crippen molar-refractivity contribution >= 4 is 5.69 Å². The third-order valence-electron chi connectivity index (χ3n) is 4.70. The Kier molecular flexibility index (Phi) is 1.93. The summed E-state index contributed by atoms with van der Waals surface area (Å²) in [6.45, 7) is 0. The summed E-state index contributed by atoms with van der Waals surface area (Å²) in [7, 11) is 0. The molecular weight excluding hydrogens is 246 g/mol. The van der Waals surface area contributed by atoms with Gasteiger partial charge in [-0.1, -0.05) is 42.5 Å². The largest absolute Gasteiger partial charge is 0.485 e. The predicted molar refractivity (Wildman–Crippen MR) is 80.1 cm³/mol. The molecule has 1 N–H and O–H groups in total. The van der Waals surface area contributed by atoms with Crippen molar-refractivity contribution in [1.29, 1.82) is 0 Å². The number of nitrogens with one attached hydrogen (secondary N) is 1. The van der Waals surface area contributed by atoms with E-state index in [-0.39, 0.29) is 6.10 Å². The Hall–Kier alpha value is -2.22. The van der Waals surface area contributed by atoms with E-state index in [1.165, 1.54) is 22.4 Å². The van der Waals surface area contributed by atoms with Crippen LogP contribution in [0.25, 0.3) is 0 Å². The van der Waals surface area contributed by atoms with Crippen molar-refractivity contribution in [3.8, 4) is 5.75 Å². The molecule has 0 saturated heterocycles. The highest BCUT2D eigenvalue weighted by Gasteiger charge is 2.42. The molecule has 2 heteroatoms. The van der Waals surface area contributed by atoms with Crippen LogP contribution < -0.4 is 10.1 Å². The van der Waals surface area contributed by atoms with Crippen LogP contribution >= 0.6 is 0 Å². The molecule has 3 unspecified atom stereocenters. The molecule has 2 aliphatic carbocycles. The molecule has 3 atom stereocenters. The third-order valence-corrected chi connectivity index (χ3v) is 4.70. The van der Waals surface area contributed by atoms with Gasteiger partial charge in [0.1, 0.15) is 11.9 Å². The number of ether oxygens (including phenoxy) is 1. The first-order valence-corrected chi connectivity index (χ1v) is 7.23. The Morgan fingerprint density at radius 1 is 1.10 bits per heavy atom. The van der Waals surface area contributed by atoms with Gasteiger partial charge >= 0.3 is 0 Å². The van der Waals surface area contributed by atoms with Crippen LogP contribution in [0.4, 0.5) is 5.69 Å². The fourth-order valence-electron chi connectivity index (χ4n) is 3.86. The average Bonchev–Trinajstić information content (AvgIpc) is 2.79. The van der Waals surface area contributed by atoms with Gasteiger partial charge in [0.25, 0.3) is 0 Å². The monoisotopic (exact) mass is 261 g/mol. The van der Waals surface area contributed by atoms with E-state index in [0.717, 1.165) is 12.2 Å². The zero-order chi connectivity index (χ0) is 13.1. The average molecular weight is 261 g/mol. The van der Waals surface area contributed by atoms with Gasteiger partial charge < -0.3 is 10.1 Å². The fraction of sp³-hybridized carbons (Fsp3) is 0.222. The van der Waals surface area contributed by atoms with Crippen LogP contribution in [0.2, 0.25) is 0 Å². The maximum absolute atomic E-state index is 6.33. The Bertz CT molecular complexity index is 723. The summed E-state index contributed by atoms with van der Waals surface area (Å²) in [6.07, 6.45) is 14.4. The van der Waals surface area contributed by atoms with Gasteiger partial charge in [-0.3, -0.25) is 0 Å². The van der Waals surface area contributed by atoms with Crippen molar-refractivity contribution < 1.29 is 4.74 Å². The first-order valence-electron chi connectivity index (χ1n) is 7.23. The van der Waals surface area contributed by atoms with Gasteiger partial charge in [-0.2, -0.15) is 0 Å². The van der Waals surface area contributed by atoms with Gasteiger partial charge in [-0.15, -0.1) is 0 Å². The van der Waals surface area contributed by atoms with E-state index < -0.39 is 0 Å². The van der Waals surface area contributed by atoms with E-state index >= 15 is 0 Å². The van der Waals surface area contributed by atoms with Crippen molar-refractivity contribution in [2.75, 3.05) is 5.32 Å². The minimum atomic E-state index is 0.162. The normalized spacial score (nSPS) is 31.3. The summed E-state index contributed by atoms with van der Waals surface area (Å²) in [5.74, 6) is 1.45. The predicted octanol–water partition coefficient (Wildman–Crippen LogP) is 3.71. The van der Waals surface area contributed by atoms with Gasteiger partial charge in [0.2, 0.25) is 0 Å². The molecule has 0 spiro atoms. The second-order valence-electron chi connectivity index (χ2n) is 5.76. The number of hydrogen-bond acceptors (Lipinski definition) is 2. The molecule has 1 aromatic carbocycles. The lowest BCUT2D eigenvalue weighted by atomic mass is 9.79. The molecule has 0 radical (unpaired) electrons. The van der Waals surface area contributed by atoms with Gasteiger partial charge in [-0.25, -0.2) is 0 Å². The molecule has 0 amide bonds. The van der Waals surface area contributed by atoms with Crippen molar-refractivity contribution in [3.05, 3.63) is 71.4 Å². The number of allylic oxidation sites excluding steroid dienone is 4. The molecule has 20 heavy (non-hydrogen) atoms. The Labute approximate surface area is 118 Å². The van der Waals surface area contributed by atoms with E-state index in [1.807, 2.05) is 0 Å². The lowest BCUT2D eigenvalue weighted by Crippen LogP contribution is -2.25. The molecule has 0 fully saturated rings. The molecule has 0 saturated carbocycles. The summed E-state index contributed by atoms with van der Waals surface area (Å²) in [6, 6.07) is 6.72. The Balaban J connectivity index is 1.81. The number of benzene rings is 1. The molecule has 98 valence electrons. The molecule has 1 aromatic rings. The van der Waals surface area contributed by atoms with E-state index in [1.54, 1.807) is 0 Å². The second-order valence-corrected chi connectivity index (χ2v) is 5.76. The highest BCUT2D eigenvalue weighted by atomic mass is 16.5. The van der Waals surface area contributed by atoms with Crippen LogP contribution in [0, 0.1) is 0 Å². The van der Waals surface area contributed by atoms with E-state index in [0.29, 0.717) is 12.0 Å². The molecule has 0 bridgehead atoms. The molecule has 5 rings (SSSR count). The summed E-state index contributed by atoms with van der Waals surface area (Å²) in [5, 5.41) is 3.62. The zero-order valence-corrected chi connectivity index (χ0v) is 11.0. The number of hydrogen-bond donors (Lipinski definition) is 1. The smallest absolute Gasteiger partial charge is 0.127 e. The second kappa shape index (κ2) is 3.66. The van der Waals surface area contributed by atoms with Crippen LogP contribution in [0.5, 0.6) is 5.75 Å². The number of anilines is 1. The van der Waals surface area contributed by atoms with Crippen molar-refractivity contribution in [1.82, 2.24) is 0 Å². The van der Waals surface area contributed by atoms with E-state index in [2.05, 4.69) is 60.0 Å². The number of fused-ring (bicyclic) bond motifs is 2. The minimum Gasteiger partial charge on any atom is -0.485 e. The number of rotatable bonds is 0. The maximum Gasteiger partial charge on any atom is 0.127 e. The van der Waals surface area contributed by atoms with E-state index in [9.17, 15) is 0 Å². The first kappa shape index (κ1) is 10.6. The molecule has 2 nitrogen and oxygen atoms in total. The molecule has 0 aromatic heterocycles. The van der Waals surface area contributed by atoms with Crippen LogP contribution in [0.15, 0.2) is 65.8 Å². The summed E-state index contributed by atoms with van der Waals surface area (Å²) < 4.78 is 6.33. The minimum absolute atomic E-state index is 0.162. The van der Waals surface area contributed by atoms with Crippen LogP contribution in [-0.4, -0.2) is 12.1 Å². The highest BCUT2D eigenvalue weighted by molar-refractivity contribution is 5.72. The van der Waals surface area contributed by atoms with Crippen molar-refractivity contribution in [2.24, 2.45) is 0 Å². The van der Waals surface area contributed by atoms with Gasteiger partial charge in [0.05, 0.1) is 6.04 Å². The molecule has 4 aliphatic rings. The quantitative estimate of drug-likeness (QED) is 0.768. The van der Waals surface area contributed by atoms with Crippen LogP contribution in [0.1, 0.15) is 17.9 Å². The molecule has 2 aliphatic heterocycles. The lowest BCUT2D eigenvalue weighted by molar-refractivity contribution is 0.244. The molecular formula is C18H15NO. The standard InChI is InChI=1S/C18H15NO/c1-2-9-15-11(5-1)12-6-3-7-13-17(12)18-14(19-13)8-4-10-16(18)20-15/h1-8,10,13,15,17,19H,9H2. The lowest BCUT2D eigenvalue weighted by Gasteiger charge is -2.27. The van der Waals surface area contributed by atoms with Crippen LogP contribution in [0.3, 0.4) is 0 Å². The van der Waals surface area contributed by atoms with E-state index in [4.69, 9.17) is 4.74 Å². The Morgan fingerprint density at radius 2 is 2.05 bits per heavy atom. The summed E-state index contributed by atoms with van der Waals surface area (Å²) >= 11 is 0. The maximum atomic E-state index is 6.33. The van der Waals surface area contributed by atoms with Crippen LogP contribution in [-0.2, 0) is 0 Å². The highest BCUT2D eigenvalue weighted by Crippen LogP contribution is 2.52.